The maximum Gasteiger partial charge on any atom is 0.274 e. The van der Waals surface area contributed by atoms with Crippen molar-refractivity contribution in [2.75, 3.05) is 51.3 Å². The topological polar surface area (TPSA) is 78.9 Å². The molecule has 2 amide bonds. The van der Waals surface area contributed by atoms with Crippen molar-refractivity contribution in [3.05, 3.63) is 48.5 Å². The van der Waals surface area contributed by atoms with Gasteiger partial charge in [0.25, 0.3) is 5.91 Å². The summed E-state index contributed by atoms with van der Waals surface area (Å²) in [5, 5.41) is 0. The van der Waals surface area contributed by atoms with Gasteiger partial charge in [-0.3, -0.25) is 14.6 Å². The van der Waals surface area contributed by atoms with Crippen molar-refractivity contribution < 1.29 is 14.3 Å². The summed E-state index contributed by atoms with van der Waals surface area (Å²) in [7, 11) is 1.66. The monoisotopic (exact) mass is 425 g/mol. The fourth-order valence-electron chi connectivity index (χ4n) is 3.68. The Morgan fingerprint density at radius 1 is 1.10 bits per heavy atom. The lowest BCUT2D eigenvalue weighted by Gasteiger charge is -2.36. The van der Waals surface area contributed by atoms with E-state index in [0.29, 0.717) is 44.2 Å². The number of aromatic nitrogens is 2. The average molecular weight is 426 g/mol. The molecule has 3 rings (SSSR count). The van der Waals surface area contributed by atoms with Crippen molar-refractivity contribution in [3.63, 3.8) is 0 Å². The van der Waals surface area contributed by atoms with Crippen molar-refractivity contribution in [2.24, 2.45) is 5.92 Å². The highest BCUT2D eigenvalue weighted by Crippen LogP contribution is 2.20. The van der Waals surface area contributed by atoms with E-state index < -0.39 is 0 Å². The minimum Gasteiger partial charge on any atom is -0.497 e. The van der Waals surface area contributed by atoms with Gasteiger partial charge in [0, 0.05) is 63.8 Å². The van der Waals surface area contributed by atoms with Crippen LogP contribution in [-0.4, -0.2) is 78.0 Å². The van der Waals surface area contributed by atoms with Crippen LogP contribution >= 0.6 is 0 Å². The highest BCUT2D eigenvalue weighted by Gasteiger charge is 2.24. The fraction of sp³-hybridized carbons (Fsp3) is 0.478. The zero-order valence-electron chi connectivity index (χ0n) is 18.5. The first-order valence-corrected chi connectivity index (χ1v) is 10.7. The number of hydrogen-bond donors (Lipinski definition) is 0. The second kappa shape index (κ2) is 10.7. The molecule has 0 aliphatic carbocycles. The summed E-state index contributed by atoms with van der Waals surface area (Å²) in [5.74, 6) is 1.03. The third-order valence-corrected chi connectivity index (χ3v) is 5.32. The number of anilines is 1. The summed E-state index contributed by atoms with van der Waals surface area (Å²) in [6, 6.07) is 7.98. The number of hydrogen-bond acceptors (Lipinski definition) is 6. The summed E-state index contributed by atoms with van der Waals surface area (Å²) in [5.41, 5.74) is 1.44. The van der Waals surface area contributed by atoms with E-state index in [1.165, 1.54) is 12.4 Å². The van der Waals surface area contributed by atoms with Crippen molar-refractivity contribution in [3.8, 4) is 5.75 Å². The lowest BCUT2D eigenvalue weighted by atomic mass is 10.2. The van der Waals surface area contributed by atoms with Crippen LogP contribution in [0.5, 0.6) is 5.75 Å². The minimum atomic E-state index is -0.182. The summed E-state index contributed by atoms with van der Waals surface area (Å²) >= 11 is 0. The number of rotatable bonds is 8. The van der Waals surface area contributed by atoms with E-state index in [4.69, 9.17) is 4.74 Å². The largest absolute Gasteiger partial charge is 0.497 e. The molecule has 0 bridgehead atoms. The third-order valence-electron chi connectivity index (χ3n) is 5.32. The van der Waals surface area contributed by atoms with E-state index >= 15 is 0 Å². The number of piperazine rings is 1. The summed E-state index contributed by atoms with van der Waals surface area (Å²) in [6.45, 7) is 7.98. The van der Waals surface area contributed by atoms with Crippen LogP contribution in [0, 0.1) is 5.92 Å². The molecule has 2 aromatic rings. The van der Waals surface area contributed by atoms with Crippen molar-refractivity contribution in [1.29, 1.82) is 0 Å². The molecule has 0 spiro atoms. The minimum absolute atomic E-state index is 0.0788. The molecule has 1 aromatic carbocycles. The maximum atomic E-state index is 12.8. The Hall–Kier alpha value is -3.16. The Bertz CT molecular complexity index is 849. The van der Waals surface area contributed by atoms with Crippen LogP contribution in [0.1, 0.15) is 30.8 Å². The van der Waals surface area contributed by atoms with Gasteiger partial charge in [0.2, 0.25) is 5.91 Å². The van der Waals surface area contributed by atoms with Gasteiger partial charge in [0.05, 0.1) is 13.3 Å². The van der Waals surface area contributed by atoms with Crippen LogP contribution < -0.4 is 9.64 Å². The van der Waals surface area contributed by atoms with Crippen LogP contribution in [-0.2, 0) is 4.79 Å². The highest BCUT2D eigenvalue weighted by molar-refractivity contribution is 5.92. The van der Waals surface area contributed by atoms with Gasteiger partial charge in [-0.1, -0.05) is 13.8 Å². The first-order valence-electron chi connectivity index (χ1n) is 10.7. The van der Waals surface area contributed by atoms with E-state index in [1.54, 1.807) is 18.2 Å². The molecule has 2 heterocycles. The van der Waals surface area contributed by atoms with Gasteiger partial charge in [0.15, 0.2) is 0 Å². The number of amides is 2. The van der Waals surface area contributed by atoms with Crippen LogP contribution in [0.3, 0.4) is 0 Å². The zero-order chi connectivity index (χ0) is 22.2. The van der Waals surface area contributed by atoms with E-state index in [1.807, 2.05) is 29.2 Å². The molecule has 0 saturated carbocycles. The summed E-state index contributed by atoms with van der Waals surface area (Å²) < 4.78 is 5.21. The number of ether oxygens (including phenoxy) is 1. The average Bonchev–Trinajstić information content (AvgIpc) is 2.81. The summed E-state index contributed by atoms with van der Waals surface area (Å²) in [6.07, 6.45) is 4.82. The zero-order valence-corrected chi connectivity index (χ0v) is 18.5. The molecule has 31 heavy (non-hydrogen) atoms. The first-order chi connectivity index (χ1) is 15.0. The predicted molar refractivity (Wildman–Crippen MR) is 119 cm³/mol. The van der Waals surface area contributed by atoms with Gasteiger partial charge in [-0.05, 0) is 30.2 Å². The SMILES string of the molecule is COc1ccc(N2CCN(C(=O)CCN(CC(C)C)C(=O)c3cnccn3)CC2)cc1. The third kappa shape index (κ3) is 6.16. The fourth-order valence-corrected chi connectivity index (χ4v) is 3.68. The number of carbonyl (C=O) groups excluding carboxylic acids is 2. The standard InChI is InChI=1S/C23H31N5O3/c1-18(2)17-28(23(30)21-16-24-9-10-25-21)11-8-22(29)27-14-12-26(13-15-27)19-4-6-20(31-3)7-5-19/h4-7,9-10,16,18H,8,11-15,17H2,1-3H3. The number of nitrogens with zero attached hydrogens (tertiary/aromatic N) is 5. The van der Waals surface area contributed by atoms with Gasteiger partial charge in [-0.25, -0.2) is 4.98 Å². The quantitative estimate of drug-likeness (QED) is 0.646. The first kappa shape index (κ1) is 22.5. The van der Waals surface area contributed by atoms with Gasteiger partial charge in [0.1, 0.15) is 11.4 Å². The molecular formula is C23H31N5O3. The lowest BCUT2D eigenvalue weighted by Crippen LogP contribution is -2.49. The predicted octanol–water partition coefficient (Wildman–Crippen LogP) is 2.32. The molecule has 0 radical (unpaired) electrons. The van der Waals surface area contributed by atoms with E-state index in [9.17, 15) is 9.59 Å². The van der Waals surface area contributed by atoms with E-state index in [0.717, 1.165) is 24.5 Å². The molecule has 1 fully saturated rings. The molecule has 166 valence electrons. The van der Waals surface area contributed by atoms with Gasteiger partial charge < -0.3 is 19.4 Å². The van der Waals surface area contributed by atoms with E-state index in [2.05, 4.69) is 28.7 Å². The highest BCUT2D eigenvalue weighted by atomic mass is 16.5. The van der Waals surface area contributed by atoms with Crippen LogP contribution in [0.2, 0.25) is 0 Å². The van der Waals surface area contributed by atoms with Crippen LogP contribution in [0.25, 0.3) is 0 Å². The van der Waals surface area contributed by atoms with Gasteiger partial charge in [-0.15, -0.1) is 0 Å². The second-order valence-corrected chi connectivity index (χ2v) is 8.05. The lowest BCUT2D eigenvalue weighted by molar-refractivity contribution is -0.131. The van der Waals surface area contributed by atoms with Gasteiger partial charge >= 0.3 is 0 Å². The molecular weight excluding hydrogens is 394 g/mol. The number of benzene rings is 1. The Kier molecular flexibility index (Phi) is 7.81. The van der Waals surface area contributed by atoms with Crippen molar-refractivity contribution >= 4 is 17.5 Å². The number of methoxy groups -OCH3 is 1. The molecule has 8 heteroatoms. The molecule has 0 unspecified atom stereocenters. The Labute approximate surface area is 183 Å². The van der Waals surface area contributed by atoms with Crippen molar-refractivity contribution in [2.45, 2.75) is 20.3 Å². The Morgan fingerprint density at radius 3 is 2.39 bits per heavy atom. The molecule has 1 aromatic heterocycles. The molecule has 8 nitrogen and oxygen atoms in total. The Morgan fingerprint density at radius 2 is 1.81 bits per heavy atom. The molecule has 1 saturated heterocycles. The van der Waals surface area contributed by atoms with Gasteiger partial charge in [-0.2, -0.15) is 0 Å². The van der Waals surface area contributed by atoms with Crippen LogP contribution in [0.15, 0.2) is 42.9 Å². The maximum absolute atomic E-state index is 12.8. The number of carbonyl (C=O) groups is 2. The van der Waals surface area contributed by atoms with Crippen molar-refractivity contribution in [1.82, 2.24) is 19.8 Å². The smallest absolute Gasteiger partial charge is 0.274 e. The normalized spacial score (nSPS) is 13.9. The van der Waals surface area contributed by atoms with Crippen LogP contribution in [0.4, 0.5) is 5.69 Å². The Balaban J connectivity index is 1.52. The molecule has 0 atom stereocenters. The summed E-state index contributed by atoms with van der Waals surface area (Å²) in [4.78, 5) is 39.6. The molecule has 1 aliphatic rings. The van der Waals surface area contributed by atoms with E-state index in [-0.39, 0.29) is 11.8 Å². The second-order valence-electron chi connectivity index (χ2n) is 8.05. The molecule has 1 aliphatic heterocycles. The molecule has 0 N–H and O–H groups in total.